The number of rotatable bonds is 9. The minimum Gasteiger partial charge on any atom is -0.489 e. The van der Waals surface area contributed by atoms with Crippen LogP contribution in [0, 0.1) is 0 Å². The quantitative estimate of drug-likeness (QED) is 0.232. The summed E-state index contributed by atoms with van der Waals surface area (Å²) in [5.41, 5.74) is 5.59. The summed E-state index contributed by atoms with van der Waals surface area (Å²) >= 11 is 0. The molecule has 1 N–H and O–H groups in total. The van der Waals surface area contributed by atoms with Gasteiger partial charge in [0.15, 0.2) is 0 Å². The van der Waals surface area contributed by atoms with Crippen molar-refractivity contribution < 1.29 is 14.3 Å². The maximum atomic E-state index is 13.0. The van der Waals surface area contributed by atoms with E-state index in [0.717, 1.165) is 16.7 Å². The number of benzene rings is 5. The zero-order valence-corrected chi connectivity index (χ0v) is 20.3. The lowest BCUT2D eigenvalue weighted by atomic mass is 10.0. The van der Waals surface area contributed by atoms with E-state index in [9.17, 15) is 4.79 Å². The van der Waals surface area contributed by atoms with E-state index in [1.807, 2.05) is 84.9 Å². The molecule has 37 heavy (non-hydrogen) atoms. The van der Waals surface area contributed by atoms with Gasteiger partial charge in [0, 0.05) is 5.56 Å². The molecule has 0 aliphatic heterocycles. The van der Waals surface area contributed by atoms with Gasteiger partial charge in [-0.05, 0) is 52.6 Å². The van der Waals surface area contributed by atoms with Crippen molar-refractivity contribution in [1.29, 1.82) is 0 Å². The number of hydrogen-bond donors (Lipinski definition) is 1. The van der Waals surface area contributed by atoms with Crippen LogP contribution in [0.3, 0.4) is 0 Å². The Labute approximate surface area is 217 Å². The highest BCUT2D eigenvalue weighted by Gasteiger charge is 2.11. The molecule has 0 aliphatic rings. The van der Waals surface area contributed by atoms with E-state index in [4.69, 9.17) is 9.47 Å². The van der Waals surface area contributed by atoms with Crippen LogP contribution in [0.15, 0.2) is 133 Å². The summed E-state index contributed by atoms with van der Waals surface area (Å²) < 4.78 is 12.0. The molecule has 0 heterocycles. The highest BCUT2D eigenvalue weighted by atomic mass is 16.5. The van der Waals surface area contributed by atoms with Crippen LogP contribution in [0.5, 0.6) is 11.5 Å². The number of anilines is 1. The number of nitrogens with one attached hydrogen (secondary N) is 1. The SMILES string of the molecule is O=C(Nc1ccccc1OCc1ccccc1)c1cccc(OCc2ccc(-c3ccccc3)cc2)c1. The maximum Gasteiger partial charge on any atom is 0.255 e. The van der Waals surface area contributed by atoms with Crippen molar-refractivity contribution >= 4 is 11.6 Å². The molecule has 1 amide bonds. The molecule has 0 saturated heterocycles. The third-order valence-electron chi connectivity index (χ3n) is 5.94. The first kappa shape index (κ1) is 23.9. The van der Waals surface area contributed by atoms with Gasteiger partial charge in [-0.3, -0.25) is 4.79 Å². The molecule has 4 nitrogen and oxygen atoms in total. The summed E-state index contributed by atoms with van der Waals surface area (Å²) in [5, 5.41) is 2.97. The molecular weight excluding hydrogens is 458 g/mol. The summed E-state index contributed by atoms with van der Waals surface area (Å²) in [6.45, 7) is 0.833. The molecule has 0 bridgehead atoms. The van der Waals surface area contributed by atoms with E-state index < -0.39 is 0 Å². The van der Waals surface area contributed by atoms with Crippen LogP contribution in [0.2, 0.25) is 0 Å². The molecule has 4 heteroatoms. The Morgan fingerprint density at radius 2 is 1.19 bits per heavy atom. The smallest absolute Gasteiger partial charge is 0.255 e. The highest BCUT2D eigenvalue weighted by Crippen LogP contribution is 2.26. The second-order valence-corrected chi connectivity index (χ2v) is 8.60. The average molecular weight is 486 g/mol. The molecule has 0 saturated carbocycles. The van der Waals surface area contributed by atoms with Crippen LogP contribution in [-0.4, -0.2) is 5.91 Å². The van der Waals surface area contributed by atoms with Gasteiger partial charge in [-0.15, -0.1) is 0 Å². The number of hydrogen-bond acceptors (Lipinski definition) is 3. The fraction of sp³-hybridized carbons (Fsp3) is 0.0606. The Morgan fingerprint density at radius 1 is 0.568 bits per heavy atom. The van der Waals surface area contributed by atoms with E-state index in [2.05, 4.69) is 41.7 Å². The second-order valence-electron chi connectivity index (χ2n) is 8.60. The molecule has 0 unspecified atom stereocenters. The topological polar surface area (TPSA) is 47.6 Å². The fourth-order valence-electron chi connectivity index (χ4n) is 3.94. The lowest BCUT2D eigenvalue weighted by Crippen LogP contribution is -2.13. The van der Waals surface area contributed by atoms with Crippen LogP contribution in [0.4, 0.5) is 5.69 Å². The monoisotopic (exact) mass is 485 g/mol. The third kappa shape index (κ3) is 6.44. The zero-order valence-electron chi connectivity index (χ0n) is 20.3. The Balaban J connectivity index is 1.20. The summed E-state index contributed by atoms with van der Waals surface area (Å²) in [7, 11) is 0. The zero-order chi connectivity index (χ0) is 25.3. The van der Waals surface area contributed by atoms with Crippen LogP contribution < -0.4 is 14.8 Å². The van der Waals surface area contributed by atoms with Gasteiger partial charge in [0.2, 0.25) is 0 Å². The number of para-hydroxylation sites is 2. The van der Waals surface area contributed by atoms with Gasteiger partial charge in [0.1, 0.15) is 24.7 Å². The number of ether oxygens (including phenoxy) is 2. The Hall–Kier alpha value is -4.83. The van der Waals surface area contributed by atoms with Crippen molar-refractivity contribution in [2.24, 2.45) is 0 Å². The Bertz CT molecular complexity index is 1450. The van der Waals surface area contributed by atoms with Crippen molar-refractivity contribution in [2.75, 3.05) is 5.32 Å². The predicted molar refractivity (Wildman–Crippen MR) is 148 cm³/mol. The Kier molecular flexibility index (Phi) is 7.58. The van der Waals surface area contributed by atoms with Crippen molar-refractivity contribution in [3.05, 3.63) is 150 Å². The molecule has 0 spiro atoms. The largest absolute Gasteiger partial charge is 0.489 e. The van der Waals surface area contributed by atoms with Gasteiger partial charge in [-0.25, -0.2) is 0 Å². The first-order valence-electron chi connectivity index (χ1n) is 12.2. The van der Waals surface area contributed by atoms with Gasteiger partial charge >= 0.3 is 0 Å². The van der Waals surface area contributed by atoms with Crippen molar-refractivity contribution in [3.63, 3.8) is 0 Å². The molecule has 182 valence electrons. The second kappa shape index (κ2) is 11.7. The van der Waals surface area contributed by atoms with Crippen molar-refractivity contribution in [1.82, 2.24) is 0 Å². The van der Waals surface area contributed by atoms with Crippen molar-refractivity contribution in [2.45, 2.75) is 13.2 Å². The van der Waals surface area contributed by atoms with E-state index in [1.54, 1.807) is 12.1 Å². The van der Waals surface area contributed by atoms with E-state index in [-0.39, 0.29) is 5.91 Å². The standard InChI is InChI=1S/C33H27NO3/c35-33(34-31-16-7-8-17-32(31)37-24-25-10-3-1-4-11-25)29-14-9-15-30(22-29)36-23-26-18-20-28(21-19-26)27-12-5-2-6-13-27/h1-22H,23-24H2,(H,34,35). The van der Waals surface area contributed by atoms with Crippen LogP contribution in [-0.2, 0) is 13.2 Å². The highest BCUT2D eigenvalue weighted by molar-refractivity contribution is 6.05. The molecule has 0 atom stereocenters. The average Bonchev–Trinajstić information content (AvgIpc) is 2.97. The number of carbonyl (C=O) groups excluding carboxylic acids is 1. The van der Waals surface area contributed by atoms with E-state index >= 15 is 0 Å². The lowest BCUT2D eigenvalue weighted by molar-refractivity contribution is 0.102. The first-order chi connectivity index (χ1) is 18.2. The van der Waals surface area contributed by atoms with Gasteiger partial charge in [0.05, 0.1) is 5.69 Å². The molecule has 0 aliphatic carbocycles. The van der Waals surface area contributed by atoms with Crippen LogP contribution >= 0.6 is 0 Å². The minimum absolute atomic E-state index is 0.228. The molecule has 5 rings (SSSR count). The first-order valence-corrected chi connectivity index (χ1v) is 12.2. The van der Waals surface area contributed by atoms with Gasteiger partial charge in [0.25, 0.3) is 5.91 Å². The lowest BCUT2D eigenvalue weighted by Gasteiger charge is -2.13. The van der Waals surface area contributed by atoms with Gasteiger partial charge in [-0.1, -0.05) is 103 Å². The van der Waals surface area contributed by atoms with Crippen LogP contribution in [0.1, 0.15) is 21.5 Å². The van der Waals surface area contributed by atoms with Gasteiger partial charge in [-0.2, -0.15) is 0 Å². The summed E-state index contributed by atoms with van der Waals surface area (Å²) in [5.74, 6) is 1.02. The van der Waals surface area contributed by atoms with Gasteiger partial charge < -0.3 is 14.8 Å². The normalized spacial score (nSPS) is 10.5. The van der Waals surface area contributed by atoms with Crippen molar-refractivity contribution in [3.8, 4) is 22.6 Å². The Morgan fingerprint density at radius 3 is 1.97 bits per heavy atom. The molecule has 5 aromatic carbocycles. The van der Waals surface area contributed by atoms with E-state index in [0.29, 0.717) is 36.0 Å². The minimum atomic E-state index is -0.228. The third-order valence-corrected chi connectivity index (χ3v) is 5.94. The summed E-state index contributed by atoms with van der Waals surface area (Å²) in [6.07, 6.45) is 0. The molecule has 0 radical (unpaired) electrons. The molecule has 0 fully saturated rings. The summed E-state index contributed by atoms with van der Waals surface area (Å²) in [6, 6.07) is 43.1. The maximum absolute atomic E-state index is 13.0. The number of carbonyl (C=O) groups is 1. The molecular formula is C33H27NO3. The number of amides is 1. The van der Waals surface area contributed by atoms with Crippen LogP contribution in [0.25, 0.3) is 11.1 Å². The fourth-order valence-corrected chi connectivity index (χ4v) is 3.94. The molecule has 0 aromatic heterocycles. The summed E-state index contributed by atoms with van der Waals surface area (Å²) in [4.78, 5) is 13.0. The molecule has 5 aromatic rings. The van der Waals surface area contributed by atoms with E-state index in [1.165, 1.54) is 5.56 Å². The predicted octanol–water partition coefficient (Wildman–Crippen LogP) is 7.76.